The highest BCUT2D eigenvalue weighted by atomic mass is 32.2. The normalized spacial score (nSPS) is 14.3. The van der Waals surface area contributed by atoms with Crippen molar-refractivity contribution in [3.05, 3.63) is 89.0 Å². The van der Waals surface area contributed by atoms with Crippen LogP contribution >= 0.6 is 11.8 Å². The van der Waals surface area contributed by atoms with Crippen LogP contribution in [-0.4, -0.2) is 55.1 Å². The molecule has 1 unspecified atom stereocenters. The van der Waals surface area contributed by atoms with Crippen molar-refractivity contribution in [3.63, 3.8) is 0 Å². The van der Waals surface area contributed by atoms with Gasteiger partial charge in [0.05, 0.1) is 13.2 Å². The van der Waals surface area contributed by atoms with Crippen LogP contribution in [-0.2, 0) is 21.7 Å². The molecule has 3 aromatic carbocycles. The fraction of sp³-hybridized carbons (Fsp3) is 0.323. The van der Waals surface area contributed by atoms with E-state index in [4.69, 9.17) is 19.3 Å². The maximum absolute atomic E-state index is 10.8. The predicted molar refractivity (Wildman–Crippen MR) is 150 cm³/mol. The quantitative estimate of drug-likeness (QED) is 0.277. The van der Waals surface area contributed by atoms with E-state index in [0.29, 0.717) is 12.2 Å². The Morgan fingerprint density at radius 2 is 1.87 bits per heavy atom. The van der Waals surface area contributed by atoms with E-state index in [0.717, 1.165) is 59.4 Å². The largest absolute Gasteiger partial charge is 0.482 e. The molecule has 1 aliphatic heterocycles. The van der Waals surface area contributed by atoms with Crippen LogP contribution in [0.3, 0.4) is 0 Å². The van der Waals surface area contributed by atoms with Gasteiger partial charge < -0.3 is 19.3 Å². The summed E-state index contributed by atoms with van der Waals surface area (Å²) >= 11 is 1.70. The Kier molecular flexibility index (Phi) is 10.1. The van der Waals surface area contributed by atoms with E-state index in [1.54, 1.807) is 11.8 Å². The average Bonchev–Trinajstić information content (AvgIpc) is 2.92. The fourth-order valence-corrected chi connectivity index (χ4v) is 5.05. The third kappa shape index (κ3) is 8.56. The van der Waals surface area contributed by atoms with Gasteiger partial charge in [-0.2, -0.15) is 0 Å². The monoisotopic (exact) mass is 531 g/mol. The molecule has 0 spiro atoms. The van der Waals surface area contributed by atoms with Gasteiger partial charge in [-0.15, -0.1) is 11.8 Å². The third-order valence-corrected chi connectivity index (χ3v) is 7.17. The van der Waals surface area contributed by atoms with Crippen LogP contribution in [0.2, 0.25) is 0 Å². The van der Waals surface area contributed by atoms with Crippen LogP contribution in [0.15, 0.2) is 71.6 Å². The van der Waals surface area contributed by atoms with Crippen LogP contribution in [0.4, 0.5) is 0 Å². The molecule has 4 rings (SSSR count). The molecule has 0 bridgehead atoms. The summed E-state index contributed by atoms with van der Waals surface area (Å²) in [5.74, 6) is 7.77. The summed E-state index contributed by atoms with van der Waals surface area (Å²) in [7, 11) is 0. The Bertz CT molecular complexity index is 1280. The average molecular weight is 532 g/mol. The van der Waals surface area contributed by atoms with Gasteiger partial charge in [0.25, 0.3) is 0 Å². The summed E-state index contributed by atoms with van der Waals surface area (Å²) in [5.41, 5.74) is 4.14. The lowest BCUT2D eigenvalue weighted by molar-refractivity contribution is -0.139. The smallest absolute Gasteiger partial charge is 0.341 e. The first-order valence-electron chi connectivity index (χ1n) is 12.7. The van der Waals surface area contributed by atoms with Crippen molar-refractivity contribution < 1.29 is 24.1 Å². The lowest BCUT2D eigenvalue weighted by Crippen LogP contribution is -2.44. The van der Waals surface area contributed by atoms with Crippen LogP contribution in [0, 0.1) is 18.8 Å². The Morgan fingerprint density at radius 3 is 2.61 bits per heavy atom. The van der Waals surface area contributed by atoms with Gasteiger partial charge in [0.15, 0.2) is 6.61 Å². The van der Waals surface area contributed by atoms with Crippen molar-refractivity contribution >= 4 is 17.7 Å². The minimum Gasteiger partial charge on any atom is -0.482 e. The Labute approximate surface area is 228 Å². The fourth-order valence-electron chi connectivity index (χ4n) is 4.12. The highest BCUT2D eigenvalue weighted by Crippen LogP contribution is 2.30. The Balaban J connectivity index is 1.48. The molecule has 198 valence electrons. The van der Waals surface area contributed by atoms with Gasteiger partial charge in [0.1, 0.15) is 17.7 Å². The van der Waals surface area contributed by atoms with Crippen molar-refractivity contribution in [2.45, 2.75) is 37.1 Å². The summed E-state index contributed by atoms with van der Waals surface area (Å²) in [4.78, 5) is 14.2. The van der Waals surface area contributed by atoms with Gasteiger partial charge in [-0.05, 0) is 66.9 Å². The number of morpholine rings is 1. The number of ether oxygens (including phenoxy) is 3. The minimum absolute atomic E-state index is 0.0621. The first kappa shape index (κ1) is 27.6. The number of carboxylic acids is 1. The van der Waals surface area contributed by atoms with Gasteiger partial charge >= 0.3 is 5.97 Å². The zero-order chi connectivity index (χ0) is 26.7. The van der Waals surface area contributed by atoms with Crippen molar-refractivity contribution in [2.24, 2.45) is 0 Å². The minimum atomic E-state index is -0.990. The number of carbonyl (C=O) groups is 1. The second kappa shape index (κ2) is 13.9. The zero-order valence-corrected chi connectivity index (χ0v) is 22.6. The van der Waals surface area contributed by atoms with Gasteiger partial charge in [-0.1, -0.05) is 42.2 Å². The number of hydrogen-bond acceptors (Lipinski definition) is 6. The molecular weight excluding hydrogens is 498 g/mol. The molecule has 7 heteroatoms. The molecule has 1 aliphatic rings. The van der Waals surface area contributed by atoms with Crippen LogP contribution < -0.4 is 9.47 Å². The molecule has 1 N–H and O–H groups in total. The molecule has 6 nitrogen and oxygen atoms in total. The number of aliphatic carboxylic acids is 1. The van der Waals surface area contributed by atoms with E-state index in [2.05, 4.69) is 47.9 Å². The van der Waals surface area contributed by atoms with E-state index >= 15 is 0 Å². The second-order valence-electron chi connectivity index (χ2n) is 9.09. The SMILES string of the molecule is Cc1cc(SCc2cc(C#CCc3ccccc3)cc(OC(C)N3CCOCC3)c2)ccc1OCC(=O)O. The highest BCUT2D eigenvalue weighted by Gasteiger charge is 2.18. The van der Waals surface area contributed by atoms with Crippen molar-refractivity contribution in [1.29, 1.82) is 0 Å². The summed E-state index contributed by atoms with van der Waals surface area (Å²) in [6.07, 6.45) is 0.628. The van der Waals surface area contributed by atoms with Crippen LogP contribution in [0.25, 0.3) is 0 Å². The number of nitrogens with zero attached hydrogens (tertiary/aromatic N) is 1. The molecule has 0 aliphatic carbocycles. The lowest BCUT2D eigenvalue weighted by atomic mass is 10.1. The van der Waals surface area contributed by atoms with Gasteiger partial charge in [-0.3, -0.25) is 4.90 Å². The number of thioether (sulfide) groups is 1. The maximum Gasteiger partial charge on any atom is 0.341 e. The number of rotatable bonds is 10. The number of hydrogen-bond donors (Lipinski definition) is 1. The maximum atomic E-state index is 10.8. The molecule has 0 amide bonds. The van der Waals surface area contributed by atoms with E-state index in [1.165, 1.54) is 5.56 Å². The lowest BCUT2D eigenvalue weighted by Gasteiger charge is -2.32. The standard InChI is InChI=1S/C31H33NO5S/c1-23-17-29(11-12-30(23)36-21-31(33)34)38-22-27-18-26(10-6-9-25-7-4-3-5-8-25)19-28(20-27)37-24(2)32-13-15-35-16-14-32/h3-5,7-8,11-12,17-20,24H,9,13-16,21-22H2,1-2H3,(H,33,34). The molecular formula is C31H33NO5S. The van der Waals surface area contributed by atoms with Crippen molar-refractivity contribution in [1.82, 2.24) is 4.90 Å². The Hall–Kier alpha value is -3.44. The van der Waals surface area contributed by atoms with Crippen molar-refractivity contribution in [3.8, 4) is 23.3 Å². The van der Waals surface area contributed by atoms with Crippen LogP contribution in [0.5, 0.6) is 11.5 Å². The molecule has 1 fully saturated rings. The number of aryl methyl sites for hydroxylation is 1. The van der Waals surface area contributed by atoms with Gasteiger partial charge in [0.2, 0.25) is 0 Å². The molecule has 0 saturated carbocycles. The van der Waals surface area contributed by atoms with Gasteiger partial charge in [-0.25, -0.2) is 4.79 Å². The molecule has 3 aromatic rings. The molecule has 1 heterocycles. The second-order valence-corrected chi connectivity index (χ2v) is 10.1. The van der Waals surface area contributed by atoms with E-state index in [9.17, 15) is 4.79 Å². The first-order valence-corrected chi connectivity index (χ1v) is 13.7. The zero-order valence-electron chi connectivity index (χ0n) is 21.8. The first-order chi connectivity index (χ1) is 18.5. The van der Waals surface area contributed by atoms with E-state index in [-0.39, 0.29) is 12.8 Å². The summed E-state index contributed by atoms with van der Waals surface area (Å²) in [6, 6.07) is 22.3. The van der Waals surface area contributed by atoms with Crippen LogP contribution in [0.1, 0.15) is 29.2 Å². The number of benzene rings is 3. The van der Waals surface area contributed by atoms with Gasteiger partial charge in [0, 0.05) is 35.7 Å². The van der Waals surface area contributed by atoms with E-state index < -0.39 is 5.97 Å². The third-order valence-electron chi connectivity index (χ3n) is 6.10. The summed E-state index contributed by atoms with van der Waals surface area (Å²) in [6.45, 7) is 6.79. The molecule has 38 heavy (non-hydrogen) atoms. The number of carboxylic acid groups (broad SMARTS) is 1. The summed E-state index contributed by atoms with van der Waals surface area (Å²) < 4.78 is 17.2. The molecule has 1 saturated heterocycles. The van der Waals surface area contributed by atoms with E-state index in [1.807, 2.05) is 49.4 Å². The predicted octanol–water partition coefficient (Wildman–Crippen LogP) is 5.40. The van der Waals surface area contributed by atoms with Crippen molar-refractivity contribution in [2.75, 3.05) is 32.9 Å². The summed E-state index contributed by atoms with van der Waals surface area (Å²) in [5, 5.41) is 8.86. The topological polar surface area (TPSA) is 68.2 Å². The molecule has 1 atom stereocenters. The highest BCUT2D eigenvalue weighted by molar-refractivity contribution is 7.98. The Morgan fingerprint density at radius 1 is 1.08 bits per heavy atom. The molecule has 0 aromatic heterocycles. The molecule has 0 radical (unpaired) electrons.